The molecular formula is C30H50FeN2P2-6. The van der Waals surface area contributed by atoms with Crippen LogP contribution >= 0.6 is 18.5 Å². The number of hydrogen-bond acceptors (Lipinski definition) is 2. The van der Waals surface area contributed by atoms with E-state index in [0.29, 0.717) is 12.1 Å². The van der Waals surface area contributed by atoms with Gasteiger partial charge >= 0.3 is 0 Å². The van der Waals surface area contributed by atoms with E-state index in [4.69, 9.17) is 0 Å². The van der Waals surface area contributed by atoms with Gasteiger partial charge in [-0.2, -0.15) is 22.8 Å². The average Bonchev–Trinajstić information content (AvgIpc) is 3.51. The molecular weight excluding hydrogens is 506 g/mol. The number of nitrogens with one attached hydrogen (secondary N) is 2. The molecule has 0 radical (unpaired) electrons. The maximum atomic E-state index is 3.97. The van der Waals surface area contributed by atoms with Gasteiger partial charge in [-0.1, -0.05) is 66.0 Å². The molecule has 4 unspecified atom stereocenters. The molecule has 5 heteroatoms. The van der Waals surface area contributed by atoms with E-state index in [1.165, 1.54) is 38.5 Å². The molecule has 204 valence electrons. The molecule has 0 bridgehead atoms. The minimum absolute atomic E-state index is 0. The summed E-state index contributed by atoms with van der Waals surface area (Å²) in [5, 5.41) is 7.97. The molecule has 35 heavy (non-hydrogen) atoms. The van der Waals surface area contributed by atoms with Crippen LogP contribution in [0.25, 0.3) is 0 Å². The molecule has 2 saturated heterocycles. The molecule has 2 N–H and O–H groups in total. The first-order valence-corrected chi connectivity index (χ1v) is 14.9. The third kappa shape index (κ3) is 7.31. The summed E-state index contributed by atoms with van der Waals surface area (Å²) in [7, 11) is 6.47. The first-order chi connectivity index (χ1) is 16.0. The van der Waals surface area contributed by atoms with Gasteiger partial charge in [0.15, 0.2) is 0 Å². The van der Waals surface area contributed by atoms with Crippen molar-refractivity contribution in [3.63, 3.8) is 0 Å². The molecule has 0 saturated carbocycles. The Balaban J connectivity index is 0.000000640. The molecule has 2 fully saturated rings. The molecule has 0 spiro atoms. The van der Waals surface area contributed by atoms with Gasteiger partial charge in [0, 0.05) is 29.2 Å². The zero-order valence-corrected chi connectivity index (χ0v) is 26.4. The summed E-state index contributed by atoms with van der Waals surface area (Å²) >= 11 is 0. The van der Waals surface area contributed by atoms with Crippen LogP contribution in [0.4, 0.5) is 0 Å². The zero-order valence-electron chi connectivity index (χ0n) is 23.0. The van der Waals surface area contributed by atoms with Gasteiger partial charge in [-0.25, -0.2) is 0 Å². The number of rotatable bonds is 4. The number of hydrogen-bond donors (Lipinski definition) is 2. The van der Waals surface area contributed by atoms with Crippen molar-refractivity contribution in [2.24, 2.45) is 0 Å². The van der Waals surface area contributed by atoms with Crippen molar-refractivity contribution in [1.29, 1.82) is 0 Å². The molecule has 2 aliphatic heterocycles. The fourth-order valence-corrected chi connectivity index (χ4v) is 7.29. The van der Waals surface area contributed by atoms with E-state index in [9.17, 15) is 0 Å². The molecule has 2 nitrogen and oxygen atoms in total. The van der Waals surface area contributed by atoms with Crippen molar-refractivity contribution >= 4 is 18.5 Å². The van der Waals surface area contributed by atoms with Crippen molar-refractivity contribution in [2.45, 2.75) is 114 Å². The summed E-state index contributed by atoms with van der Waals surface area (Å²) in [6, 6.07) is 13.6. The SMILES string of the molecule is CC(C)(C)c1c(C(P)(C2CCCCN2)C2CCCCN2)c(CP)c[c-]1C(C)(C)C.[Fe].[cH-]1[cH-][cH-][cH-][cH-]1. The van der Waals surface area contributed by atoms with Gasteiger partial charge in [0.2, 0.25) is 0 Å². The molecule has 4 atom stereocenters. The Hall–Kier alpha value is -0.000519. The molecule has 0 aromatic heterocycles. The van der Waals surface area contributed by atoms with E-state index in [1.54, 1.807) is 22.3 Å². The van der Waals surface area contributed by atoms with Crippen molar-refractivity contribution in [2.75, 3.05) is 13.1 Å². The second-order valence-electron chi connectivity index (χ2n) is 12.4. The summed E-state index contributed by atoms with van der Waals surface area (Å²) in [4.78, 5) is 0. The monoisotopic (exact) mass is 556 g/mol. The van der Waals surface area contributed by atoms with Gasteiger partial charge in [0.1, 0.15) is 0 Å². The standard InChI is InChI=1S/C25H45N2P2.C5H5.Fe/c1-23(2,3)18-15-17(16-28)21(22(18)24(4,5)6)25(29,19-11-7-9-13-26-19)20-12-8-10-14-27-20;1-2-4-5-3-1;/h15,19-20,26-27H,7-14,16,28-29H2,1-6H3;1-5H;/q-1;-5;. The minimum atomic E-state index is 0. The Morgan fingerprint density at radius 3 is 1.63 bits per heavy atom. The Kier molecular flexibility index (Phi) is 11.8. The van der Waals surface area contributed by atoms with Gasteiger partial charge in [0.05, 0.1) is 0 Å². The Morgan fingerprint density at radius 1 is 0.857 bits per heavy atom. The summed E-state index contributed by atoms with van der Waals surface area (Å²) in [5.74, 6) is 0. The summed E-state index contributed by atoms with van der Waals surface area (Å²) in [6.07, 6.45) is 8.89. The Morgan fingerprint density at radius 2 is 1.31 bits per heavy atom. The van der Waals surface area contributed by atoms with Gasteiger partial charge in [-0.05, 0) is 49.3 Å². The van der Waals surface area contributed by atoms with E-state index in [0.717, 1.165) is 19.3 Å². The molecule has 2 aliphatic rings. The van der Waals surface area contributed by atoms with E-state index < -0.39 is 0 Å². The van der Waals surface area contributed by atoms with Crippen LogP contribution in [0.3, 0.4) is 0 Å². The minimum Gasteiger partial charge on any atom is -0.748 e. The fourth-order valence-electron chi connectivity index (χ4n) is 6.07. The largest absolute Gasteiger partial charge is 0.748 e. The predicted octanol–water partition coefficient (Wildman–Crippen LogP) is 7.13. The maximum Gasteiger partial charge on any atom is 0.00991 e. The van der Waals surface area contributed by atoms with Crippen molar-refractivity contribution in [1.82, 2.24) is 10.6 Å². The molecule has 4 rings (SSSR count). The zero-order chi connectivity index (χ0) is 25.0. The molecule has 0 amide bonds. The molecule has 2 aromatic carbocycles. The normalized spacial score (nSPS) is 23.0. The Bertz CT molecular complexity index is 826. The summed E-state index contributed by atoms with van der Waals surface area (Å²) in [5.41, 5.74) is 6.61. The average molecular weight is 557 g/mol. The quantitative estimate of drug-likeness (QED) is 0.238. The van der Waals surface area contributed by atoms with Crippen molar-refractivity contribution in [3.8, 4) is 0 Å². The van der Waals surface area contributed by atoms with Crippen LogP contribution in [0.1, 0.15) is 102 Å². The van der Waals surface area contributed by atoms with E-state index in [-0.39, 0.29) is 33.1 Å². The van der Waals surface area contributed by atoms with E-state index >= 15 is 0 Å². The first-order valence-electron chi connectivity index (χ1n) is 13.5. The number of piperidine rings is 2. The third-order valence-electron chi connectivity index (χ3n) is 7.70. The van der Waals surface area contributed by atoms with Crippen LogP contribution in [0, 0.1) is 0 Å². The van der Waals surface area contributed by atoms with Crippen LogP contribution in [0.15, 0.2) is 36.4 Å². The summed E-state index contributed by atoms with van der Waals surface area (Å²) in [6.45, 7) is 16.7. The second kappa shape index (κ2) is 13.2. The second-order valence-corrected chi connectivity index (χ2v) is 13.8. The molecule has 2 aromatic rings. The van der Waals surface area contributed by atoms with E-state index in [2.05, 4.69) is 76.7 Å². The van der Waals surface area contributed by atoms with Gasteiger partial charge in [0.25, 0.3) is 0 Å². The van der Waals surface area contributed by atoms with Crippen LogP contribution in [0.5, 0.6) is 0 Å². The maximum absolute atomic E-state index is 3.97. The topological polar surface area (TPSA) is 24.1 Å². The van der Waals surface area contributed by atoms with Crippen LogP contribution in [0.2, 0.25) is 0 Å². The van der Waals surface area contributed by atoms with Gasteiger partial charge in [-0.3, -0.25) is 0 Å². The van der Waals surface area contributed by atoms with Crippen LogP contribution in [-0.2, 0) is 39.2 Å². The smallest absolute Gasteiger partial charge is 0.00991 e. The molecule has 0 aliphatic carbocycles. The van der Waals surface area contributed by atoms with Gasteiger partial charge in [-0.15, -0.1) is 24.0 Å². The van der Waals surface area contributed by atoms with Crippen LogP contribution < -0.4 is 10.6 Å². The van der Waals surface area contributed by atoms with Gasteiger partial charge < -0.3 is 41.0 Å². The third-order valence-corrected chi connectivity index (χ3v) is 9.23. The predicted molar refractivity (Wildman–Crippen MR) is 158 cm³/mol. The van der Waals surface area contributed by atoms with E-state index in [1.807, 2.05) is 30.3 Å². The first kappa shape index (κ1) is 31.2. The Labute approximate surface area is 231 Å². The van der Waals surface area contributed by atoms with Crippen molar-refractivity contribution < 1.29 is 17.1 Å². The molecule has 2 heterocycles. The summed E-state index contributed by atoms with van der Waals surface area (Å²) < 4.78 is 0. The van der Waals surface area contributed by atoms with Crippen molar-refractivity contribution in [3.05, 3.63) is 58.7 Å². The van der Waals surface area contributed by atoms with Crippen LogP contribution in [-0.4, -0.2) is 25.2 Å². The fraction of sp³-hybridized carbons (Fsp3) is 0.667.